The minimum Gasteiger partial charge on any atom is -0.368 e. The van der Waals surface area contributed by atoms with E-state index in [9.17, 15) is 4.79 Å². The standard InChI is InChI=1S/C20H28N4O2/c25-19(16-7-3-1-2-4-8-16)24-13-14-26-18(15-24)17-9-10-21-20(22-17)23-11-5-6-12-23/h7,9-10,18H,1-6,8,11-15H2/t18-/m1/s1. The summed E-state index contributed by atoms with van der Waals surface area (Å²) in [6, 6.07) is 1.92. The van der Waals surface area contributed by atoms with Crippen molar-refractivity contribution in [1.29, 1.82) is 0 Å². The van der Waals surface area contributed by atoms with Gasteiger partial charge in [0.05, 0.1) is 18.8 Å². The normalized spacial score (nSPS) is 24.3. The second-order valence-corrected chi connectivity index (χ2v) is 7.41. The minimum absolute atomic E-state index is 0.163. The largest absolute Gasteiger partial charge is 0.368 e. The fourth-order valence-corrected chi connectivity index (χ4v) is 4.04. The number of aromatic nitrogens is 2. The van der Waals surface area contributed by atoms with Gasteiger partial charge in [-0.05, 0) is 44.6 Å². The van der Waals surface area contributed by atoms with E-state index in [1.807, 2.05) is 17.2 Å². The van der Waals surface area contributed by atoms with Crippen LogP contribution in [0.2, 0.25) is 0 Å². The zero-order valence-corrected chi connectivity index (χ0v) is 15.4. The Kier molecular flexibility index (Phi) is 5.48. The average molecular weight is 356 g/mol. The first-order valence-corrected chi connectivity index (χ1v) is 9.99. The summed E-state index contributed by atoms with van der Waals surface area (Å²) in [7, 11) is 0. The number of carbonyl (C=O) groups is 1. The highest BCUT2D eigenvalue weighted by Gasteiger charge is 2.28. The van der Waals surface area contributed by atoms with Crippen molar-refractivity contribution < 1.29 is 9.53 Å². The van der Waals surface area contributed by atoms with Crippen LogP contribution in [0.4, 0.5) is 5.95 Å². The van der Waals surface area contributed by atoms with Gasteiger partial charge < -0.3 is 14.5 Å². The van der Waals surface area contributed by atoms with E-state index in [0.717, 1.165) is 49.6 Å². The van der Waals surface area contributed by atoms with Gasteiger partial charge in [-0.1, -0.05) is 12.5 Å². The summed E-state index contributed by atoms with van der Waals surface area (Å²) in [4.78, 5) is 26.3. The van der Waals surface area contributed by atoms with Crippen molar-refractivity contribution in [2.24, 2.45) is 0 Å². The maximum absolute atomic E-state index is 12.9. The summed E-state index contributed by atoms with van der Waals surface area (Å²) < 4.78 is 5.95. The SMILES string of the molecule is O=C(C1=CCCCCC1)N1CCO[C@@H](c2ccnc(N3CCCC3)n2)C1. The number of morpholine rings is 1. The highest BCUT2D eigenvalue weighted by molar-refractivity contribution is 5.93. The zero-order valence-electron chi connectivity index (χ0n) is 15.4. The highest BCUT2D eigenvalue weighted by atomic mass is 16.5. The van der Waals surface area contributed by atoms with Crippen molar-refractivity contribution in [3.8, 4) is 0 Å². The van der Waals surface area contributed by atoms with Crippen LogP contribution >= 0.6 is 0 Å². The van der Waals surface area contributed by atoms with E-state index < -0.39 is 0 Å². The Labute approximate surface area is 155 Å². The molecule has 0 spiro atoms. The molecule has 140 valence electrons. The van der Waals surface area contributed by atoms with Gasteiger partial charge in [0.15, 0.2) is 0 Å². The molecule has 0 N–H and O–H groups in total. The molecule has 0 radical (unpaired) electrons. The number of allylic oxidation sites excluding steroid dienone is 1. The second kappa shape index (κ2) is 8.16. The van der Waals surface area contributed by atoms with Crippen LogP contribution in [0.1, 0.15) is 56.7 Å². The fourth-order valence-electron chi connectivity index (χ4n) is 4.04. The Hall–Kier alpha value is -1.95. The van der Waals surface area contributed by atoms with Crippen molar-refractivity contribution in [1.82, 2.24) is 14.9 Å². The van der Waals surface area contributed by atoms with Gasteiger partial charge in [-0.3, -0.25) is 4.79 Å². The number of carbonyl (C=O) groups excluding carboxylic acids is 1. The molecule has 1 aromatic rings. The van der Waals surface area contributed by atoms with Crippen LogP contribution in [-0.2, 0) is 9.53 Å². The number of hydrogen-bond acceptors (Lipinski definition) is 5. The number of anilines is 1. The van der Waals surface area contributed by atoms with Gasteiger partial charge in [-0.15, -0.1) is 0 Å². The van der Waals surface area contributed by atoms with E-state index in [2.05, 4.69) is 16.0 Å². The lowest BCUT2D eigenvalue weighted by Crippen LogP contribution is -2.43. The van der Waals surface area contributed by atoms with E-state index in [0.29, 0.717) is 19.7 Å². The lowest BCUT2D eigenvalue weighted by atomic mass is 10.1. The lowest BCUT2D eigenvalue weighted by molar-refractivity contribution is -0.135. The van der Waals surface area contributed by atoms with Crippen LogP contribution in [0.25, 0.3) is 0 Å². The molecule has 0 saturated carbocycles. The van der Waals surface area contributed by atoms with E-state index in [4.69, 9.17) is 9.72 Å². The summed E-state index contributed by atoms with van der Waals surface area (Å²) in [6.45, 7) is 3.84. The quantitative estimate of drug-likeness (QED) is 0.833. The first-order chi connectivity index (χ1) is 12.8. The van der Waals surface area contributed by atoms with Gasteiger partial charge in [0.1, 0.15) is 6.10 Å². The molecule has 26 heavy (non-hydrogen) atoms. The monoisotopic (exact) mass is 356 g/mol. The second-order valence-electron chi connectivity index (χ2n) is 7.41. The number of rotatable bonds is 3. The topological polar surface area (TPSA) is 58.6 Å². The minimum atomic E-state index is -0.163. The first kappa shape index (κ1) is 17.5. The molecule has 1 amide bonds. The highest BCUT2D eigenvalue weighted by Crippen LogP contribution is 2.26. The van der Waals surface area contributed by atoms with E-state index >= 15 is 0 Å². The van der Waals surface area contributed by atoms with Gasteiger partial charge in [-0.2, -0.15) is 0 Å². The molecule has 1 aromatic heterocycles. The molecule has 2 aliphatic heterocycles. The number of nitrogens with zero attached hydrogens (tertiary/aromatic N) is 4. The third-order valence-corrected chi connectivity index (χ3v) is 5.55. The molecule has 4 rings (SSSR count). The molecule has 0 unspecified atom stereocenters. The van der Waals surface area contributed by atoms with Crippen LogP contribution in [0.3, 0.4) is 0 Å². The zero-order chi connectivity index (χ0) is 17.8. The Bertz CT molecular complexity index is 670. The molecule has 1 atom stereocenters. The Balaban J connectivity index is 1.45. The van der Waals surface area contributed by atoms with E-state index in [1.54, 1.807) is 0 Å². The molecule has 2 saturated heterocycles. The predicted molar refractivity (Wildman–Crippen MR) is 99.9 cm³/mol. The summed E-state index contributed by atoms with van der Waals surface area (Å²) in [5.74, 6) is 0.979. The predicted octanol–water partition coefficient (Wildman–Crippen LogP) is 2.87. The van der Waals surface area contributed by atoms with Crippen LogP contribution in [0.5, 0.6) is 0 Å². The number of amides is 1. The first-order valence-electron chi connectivity index (χ1n) is 9.99. The van der Waals surface area contributed by atoms with Gasteiger partial charge in [0.25, 0.3) is 0 Å². The Morgan fingerprint density at radius 3 is 2.88 bits per heavy atom. The third kappa shape index (κ3) is 3.90. The maximum Gasteiger partial charge on any atom is 0.249 e. The lowest BCUT2D eigenvalue weighted by Gasteiger charge is -2.33. The third-order valence-electron chi connectivity index (χ3n) is 5.55. The molecule has 6 heteroatoms. The molecule has 1 aliphatic carbocycles. The van der Waals surface area contributed by atoms with Crippen molar-refractivity contribution >= 4 is 11.9 Å². The van der Waals surface area contributed by atoms with Crippen LogP contribution in [0.15, 0.2) is 23.9 Å². The molecule has 2 fully saturated rings. The van der Waals surface area contributed by atoms with Crippen molar-refractivity contribution in [2.45, 2.75) is 51.0 Å². The fraction of sp³-hybridized carbons (Fsp3) is 0.650. The van der Waals surface area contributed by atoms with Gasteiger partial charge in [0, 0.05) is 31.4 Å². The van der Waals surface area contributed by atoms with Gasteiger partial charge >= 0.3 is 0 Å². The molecule has 3 heterocycles. The number of hydrogen-bond donors (Lipinski definition) is 0. The molecule has 6 nitrogen and oxygen atoms in total. The molecule has 0 bridgehead atoms. The van der Waals surface area contributed by atoms with Crippen LogP contribution in [-0.4, -0.2) is 53.6 Å². The molecular formula is C20H28N4O2. The van der Waals surface area contributed by atoms with E-state index in [1.165, 1.54) is 25.7 Å². The number of ether oxygens (including phenoxy) is 1. The summed E-state index contributed by atoms with van der Waals surface area (Å²) >= 11 is 0. The van der Waals surface area contributed by atoms with Crippen molar-refractivity contribution in [3.05, 3.63) is 29.6 Å². The summed E-state index contributed by atoms with van der Waals surface area (Å²) in [6.07, 6.45) is 11.7. The van der Waals surface area contributed by atoms with Gasteiger partial charge in [-0.25, -0.2) is 9.97 Å². The van der Waals surface area contributed by atoms with Crippen molar-refractivity contribution in [3.63, 3.8) is 0 Å². The maximum atomic E-state index is 12.9. The van der Waals surface area contributed by atoms with E-state index in [-0.39, 0.29) is 12.0 Å². The van der Waals surface area contributed by atoms with Crippen LogP contribution in [0, 0.1) is 0 Å². The molecule has 0 aromatic carbocycles. The Morgan fingerprint density at radius 1 is 1.12 bits per heavy atom. The van der Waals surface area contributed by atoms with Crippen molar-refractivity contribution in [2.75, 3.05) is 37.7 Å². The molecular weight excluding hydrogens is 328 g/mol. The Morgan fingerprint density at radius 2 is 2.00 bits per heavy atom. The molecule has 3 aliphatic rings. The summed E-state index contributed by atoms with van der Waals surface area (Å²) in [5.41, 5.74) is 1.87. The van der Waals surface area contributed by atoms with Gasteiger partial charge in [0.2, 0.25) is 11.9 Å². The average Bonchev–Trinajstić information content (AvgIpc) is 3.10. The summed E-state index contributed by atoms with van der Waals surface area (Å²) in [5, 5.41) is 0. The van der Waals surface area contributed by atoms with Crippen LogP contribution < -0.4 is 4.90 Å². The smallest absolute Gasteiger partial charge is 0.249 e.